The summed E-state index contributed by atoms with van der Waals surface area (Å²) < 4.78 is 1.88. The third-order valence-corrected chi connectivity index (χ3v) is 3.26. The highest BCUT2D eigenvalue weighted by Crippen LogP contribution is 2.27. The molecule has 0 fully saturated rings. The summed E-state index contributed by atoms with van der Waals surface area (Å²) in [5.41, 5.74) is 7.49. The van der Waals surface area contributed by atoms with Gasteiger partial charge in [-0.1, -0.05) is 11.8 Å². The van der Waals surface area contributed by atoms with Crippen LogP contribution in [0.25, 0.3) is 0 Å². The molecule has 4 nitrogen and oxygen atoms in total. The maximum atomic E-state index is 5.56. The third-order valence-electron chi connectivity index (χ3n) is 2.18. The maximum Gasteiger partial charge on any atom is 0.0986 e. The third kappa shape index (κ3) is 2.43. The molecule has 5 heteroatoms. The van der Waals surface area contributed by atoms with Crippen LogP contribution in [0, 0.1) is 6.92 Å². The van der Waals surface area contributed by atoms with Crippen molar-refractivity contribution in [1.82, 2.24) is 14.8 Å². The van der Waals surface area contributed by atoms with E-state index in [-0.39, 0.29) is 0 Å². The van der Waals surface area contributed by atoms with Crippen LogP contribution in [-0.4, -0.2) is 14.8 Å². The molecular weight excluding hydrogens is 220 g/mol. The van der Waals surface area contributed by atoms with Crippen molar-refractivity contribution in [1.29, 1.82) is 0 Å². The molecule has 0 bridgehead atoms. The number of hydrogen-bond donors (Lipinski definition) is 1. The zero-order chi connectivity index (χ0) is 11.5. The highest BCUT2D eigenvalue weighted by Gasteiger charge is 2.04. The van der Waals surface area contributed by atoms with Crippen LogP contribution in [0.15, 0.2) is 34.3 Å². The predicted octanol–water partition coefficient (Wildman–Crippen LogP) is 1.73. The first-order valence-corrected chi connectivity index (χ1v) is 5.84. The van der Waals surface area contributed by atoms with Gasteiger partial charge in [0.2, 0.25) is 0 Å². The van der Waals surface area contributed by atoms with E-state index in [0.717, 1.165) is 21.3 Å². The Kier molecular flexibility index (Phi) is 3.26. The summed E-state index contributed by atoms with van der Waals surface area (Å²) >= 11 is 1.67. The Morgan fingerprint density at radius 1 is 1.44 bits per heavy atom. The Bertz CT molecular complexity index is 492. The second kappa shape index (κ2) is 4.67. The van der Waals surface area contributed by atoms with Crippen molar-refractivity contribution in [2.45, 2.75) is 23.4 Å². The van der Waals surface area contributed by atoms with Crippen LogP contribution in [0.3, 0.4) is 0 Å². The second-order valence-electron chi connectivity index (χ2n) is 3.54. The van der Waals surface area contributed by atoms with E-state index in [0.29, 0.717) is 6.54 Å². The smallest absolute Gasteiger partial charge is 0.0986 e. The topological polar surface area (TPSA) is 56.7 Å². The van der Waals surface area contributed by atoms with E-state index in [1.165, 1.54) is 0 Å². The van der Waals surface area contributed by atoms with Gasteiger partial charge in [0, 0.05) is 24.7 Å². The van der Waals surface area contributed by atoms with E-state index < -0.39 is 0 Å². The molecule has 0 saturated heterocycles. The molecular formula is C11H14N4S. The summed E-state index contributed by atoms with van der Waals surface area (Å²) in [5.74, 6) is 0. The molecule has 0 spiro atoms. The number of hydrogen-bond acceptors (Lipinski definition) is 4. The first kappa shape index (κ1) is 11.2. The fourth-order valence-corrected chi connectivity index (χ4v) is 2.40. The molecule has 2 N–H and O–H groups in total. The Morgan fingerprint density at radius 2 is 2.25 bits per heavy atom. The first-order chi connectivity index (χ1) is 7.69. The van der Waals surface area contributed by atoms with Crippen LogP contribution in [-0.2, 0) is 13.6 Å². The summed E-state index contributed by atoms with van der Waals surface area (Å²) in [7, 11) is 1.94. The van der Waals surface area contributed by atoms with Crippen LogP contribution in [0.1, 0.15) is 11.4 Å². The summed E-state index contributed by atoms with van der Waals surface area (Å²) in [6, 6.07) is 6.05. The minimum atomic E-state index is 0.471. The van der Waals surface area contributed by atoms with Gasteiger partial charge in [-0.2, -0.15) is 5.10 Å². The lowest BCUT2D eigenvalue weighted by atomic mass is 10.3. The van der Waals surface area contributed by atoms with Gasteiger partial charge in [-0.3, -0.25) is 9.67 Å². The minimum absolute atomic E-state index is 0.471. The van der Waals surface area contributed by atoms with Crippen LogP contribution < -0.4 is 5.73 Å². The molecule has 0 radical (unpaired) electrons. The van der Waals surface area contributed by atoms with Gasteiger partial charge >= 0.3 is 0 Å². The lowest BCUT2D eigenvalue weighted by Crippen LogP contribution is -1.99. The first-order valence-electron chi connectivity index (χ1n) is 5.02. The number of nitrogens with zero attached hydrogens (tertiary/aromatic N) is 3. The molecule has 16 heavy (non-hydrogen) atoms. The molecule has 2 heterocycles. The minimum Gasteiger partial charge on any atom is -0.325 e. The Morgan fingerprint density at radius 3 is 2.88 bits per heavy atom. The Hall–Kier alpha value is -1.33. The van der Waals surface area contributed by atoms with Gasteiger partial charge in [0.05, 0.1) is 16.4 Å². The van der Waals surface area contributed by atoms with E-state index >= 15 is 0 Å². The quantitative estimate of drug-likeness (QED) is 0.878. The molecule has 2 aromatic rings. The lowest BCUT2D eigenvalue weighted by Gasteiger charge is -2.02. The summed E-state index contributed by atoms with van der Waals surface area (Å²) in [6.07, 6.45) is 1.79. The van der Waals surface area contributed by atoms with Crippen molar-refractivity contribution >= 4 is 11.8 Å². The molecule has 2 aromatic heterocycles. The van der Waals surface area contributed by atoms with E-state index in [2.05, 4.69) is 16.1 Å². The highest BCUT2D eigenvalue weighted by molar-refractivity contribution is 7.99. The fourth-order valence-electron chi connectivity index (χ4n) is 1.43. The SMILES string of the molecule is Cc1cc(Sc2ccnc(CN)c2)n(C)n1. The molecule has 0 unspecified atom stereocenters. The van der Waals surface area contributed by atoms with E-state index in [1.807, 2.05) is 30.8 Å². The lowest BCUT2D eigenvalue weighted by molar-refractivity contribution is 0.692. The molecule has 0 aliphatic heterocycles. The van der Waals surface area contributed by atoms with Crippen molar-refractivity contribution in [3.8, 4) is 0 Å². The van der Waals surface area contributed by atoms with Gasteiger partial charge in [0.1, 0.15) is 0 Å². The van der Waals surface area contributed by atoms with Gasteiger partial charge in [-0.15, -0.1) is 0 Å². The molecule has 0 aliphatic carbocycles. The number of aromatic nitrogens is 3. The fraction of sp³-hybridized carbons (Fsp3) is 0.273. The van der Waals surface area contributed by atoms with E-state index in [4.69, 9.17) is 5.73 Å². The number of pyridine rings is 1. The molecule has 2 rings (SSSR count). The average molecular weight is 234 g/mol. The number of aryl methyl sites for hydroxylation is 2. The standard InChI is InChI=1S/C11H14N4S/c1-8-5-11(15(2)14-8)16-10-3-4-13-9(6-10)7-12/h3-6H,7,12H2,1-2H3. The van der Waals surface area contributed by atoms with Crippen molar-refractivity contribution in [3.05, 3.63) is 35.8 Å². The number of rotatable bonds is 3. The largest absolute Gasteiger partial charge is 0.325 e. The Balaban J connectivity index is 2.23. The average Bonchev–Trinajstić information content (AvgIpc) is 2.58. The van der Waals surface area contributed by atoms with Gasteiger partial charge < -0.3 is 5.73 Å². The molecule has 0 aliphatic rings. The van der Waals surface area contributed by atoms with Crippen molar-refractivity contribution < 1.29 is 0 Å². The molecule has 0 aromatic carbocycles. The normalized spacial score (nSPS) is 10.7. The van der Waals surface area contributed by atoms with Crippen LogP contribution in [0.5, 0.6) is 0 Å². The van der Waals surface area contributed by atoms with Crippen molar-refractivity contribution in [2.24, 2.45) is 12.8 Å². The van der Waals surface area contributed by atoms with Crippen molar-refractivity contribution in [2.75, 3.05) is 0 Å². The highest BCUT2D eigenvalue weighted by atomic mass is 32.2. The molecule has 0 atom stereocenters. The van der Waals surface area contributed by atoms with E-state index in [9.17, 15) is 0 Å². The van der Waals surface area contributed by atoms with Gasteiger partial charge in [0.15, 0.2) is 0 Å². The van der Waals surface area contributed by atoms with Crippen molar-refractivity contribution in [3.63, 3.8) is 0 Å². The monoisotopic (exact) mass is 234 g/mol. The van der Waals surface area contributed by atoms with Gasteiger partial charge in [-0.05, 0) is 25.1 Å². The predicted molar refractivity (Wildman–Crippen MR) is 64.2 cm³/mol. The zero-order valence-corrected chi connectivity index (χ0v) is 10.2. The van der Waals surface area contributed by atoms with Crippen LogP contribution in [0.4, 0.5) is 0 Å². The van der Waals surface area contributed by atoms with Crippen LogP contribution in [0.2, 0.25) is 0 Å². The van der Waals surface area contributed by atoms with Gasteiger partial charge in [-0.25, -0.2) is 0 Å². The second-order valence-corrected chi connectivity index (χ2v) is 4.63. The summed E-state index contributed by atoms with van der Waals surface area (Å²) in [5, 5.41) is 5.42. The van der Waals surface area contributed by atoms with Crippen LogP contribution >= 0.6 is 11.8 Å². The Labute approximate surface area is 98.9 Å². The maximum absolute atomic E-state index is 5.56. The number of nitrogens with two attached hydrogens (primary N) is 1. The molecule has 0 amide bonds. The molecule has 0 saturated carbocycles. The van der Waals surface area contributed by atoms with E-state index in [1.54, 1.807) is 18.0 Å². The summed E-state index contributed by atoms with van der Waals surface area (Å²) in [6.45, 7) is 2.46. The zero-order valence-electron chi connectivity index (χ0n) is 9.34. The summed E-state index contributed by atoms with van der Waals surface area (Å²) in [4.78, 5) is 5.30. The molecule has 84 valence electrons. The van der Waals surface area contributed by atoms with Gasteiger partial charge in [0.25, 0.3) is 0 Å².